The number of amides is 1. The molecule has 0 fully saturated rings. The minimum absolute atomic E-state index is 0. The Morgan fingerprint density at radius 1 is 1.62 bits per heavy atom. The number of aromatic amines is 1. The number of nitrogens with one attached hydrogen (secondary N) is 2. The normalized spacial score (nSPS) is 10.2. The number of H-pyrrole nitrogens is 1. The first kappa shape index (κ1) is 7.79. The van der Waals surface area contributed by atoms with Gasteiger partial charge < -0.3 is 4.98 Å². The minimum Gasteiger partial charge on any atom is -0.324 e. The van der Waals surface area contributed by atoms with E-state index in [-0.39, 0.29) is 1.43 Å². The first-order valence-corrected chi connectivity index (χ1v) is 3.96. The van der Waals surface area contributed by atoms with Crippen LogP contribution in [0.25, 0.3) is 11.0 Å². The molecule has 0 aliphatic heterocycles. The molecule has 0 aliphatic rings. The van der Waals surface area contributed by atoms with E-state index in [1.54, 1.807) is 0 Å². The second kappa shape index (κ2) is 2.90. The molecule has 0 bridgehead atoms. The second-order valence-corrected chi connectivity index (χ2v) is 2.87. The Morgan fingerprint density at radius 2 is 2.46 bits per heavy atom. The Kier molecular flexibility index (Phi) is 1.73. The summed E-state index contributed by atoms with van der Waals surface area (Å²) < 4.78 is 0. The molecule has 2 rings (SSSR count). The van der Waals surface area contributed by atoms with Gasteiger partial charge in [0, 0.05) is 1.43 Å². The number of carbonyl (C=O) groups excluding carboxylic acids is 1. The summed E-state index contributed by atoms with van der Waals surface area (Å²) in [6.07, 6.45) is 0.602. The summed E-state index contributed by atoms with van der Waals surface area (Å²) >= 11 is 0. The molecule has 0 saturated heterocycles. The molecular formula is C9H11N3O. The van der Waals surface area contributed by atoms with Gasteiger partial charge in [-0.15, -0.1) is 0 Å². The molecule has 1 heterocycles. The molecule has 1 aromatic heterocycles. The Balaban J connectivity index is 0.000000980. The number of aryl methyl sites for hydroxylation is 1. The van der Waals surface area contributed by atoms with Gasteiger partial charge in [-0.2, -0.15) is 0 Å². The van der Waals surface area contributed by atoms with E-state index in [1.165, 1.54) is 0 Å². The van der Waals surface area contributed by atoms with Crippen molar-refractivity contribution >= 4 is 23.4 Å². The number of hydrogen-bond acceptors (Lipinski definition) is 2. The van der Waals surface area contributed by atoms with Gasteiger partial charge in [0.1, 0.15) is 0 Å². The Morgan fingerprint density at radius 3 is 3.23 bits per heavy atom. The van der Waals surface area contributed by atoms with Crippen LogP contribution in [0.15, 0.2) is 18.2 Å². The fourth-order valence-electron chi connectivity index (χ4n) is 1.25. The lowest BCUT2D eigenvalue weighted by molar-refractivity contribution is -0.105. The predicted octanol–water partition coefficient (Wildman–Crippen LogP) is 1.69. The lowest BCUT2D eigenvalue weighted by Crippen LogP contribution is -1.94. The van der Waals surface area contributed by atoms with E-state index in [4.69, 9.17) is 0 Å². The Bertz CT molecular complexity index is 452. The molecule has 0 spiro atoms. The van der Waals surface area contributed by atoms with E-state index < -0.39 is 0 Å². The van der Waals surface area contributed by atoms with Crippen molar-refractivity contribution < 1.29 is 6.22 Å². The van der Waals surface area contributed by atoms with Crippen molar-refractivity contribution in [2.45, 2.75) is 6.92 Å². The van der Waals surface area contributed by atoms with Crippen LogP contribution in [0.4, 0.5) is 5.95 Å². The smallest absolute Gasteiger partial charge is 0.213 e. The third kappa shape index (κ3) is 1.38. The van der Waals surface area contributed by atoms with E-state index in [9.17, 15) is 4.79 Å². The SMILES string of the molecule is Cc1ccc2nc(NC=O)[nH]c2c1.[HH]. The Labute approximate surface area is 76.5 Å². The van der Waals surface area contributed by atoms with Gasteiger partial charge in [-0.1, -0.05) is 6.07 Å². The van der Waals surface area contributed by atoms with Crippen LogP contribution in [0, 0.1) is 6.92 Å². The highest BCUT2D eigenvalue weighted by molar-refractivity contribution is 5.80. The number of rotatable bonds is 2. The van der Waals surface area contributed by atoms with Gasteiger partial charge in [-0.25, -0.2) is 4.98 Å². The zero-order valence-electron chi connectivity index (χ0n) is 7.16. The van der Waals surface area contributed by atoms with Crippen molar-refractivity contribution in [1.29, 1.82) is 0 Å². The number of hydrogen-bond donors (Lipinski definition) is 2. The van der Waals surface area contributed by atoms with Crippen molar-refractivity contribution in [3.63, 3.8) is 0 Å². The molecule has 1 aromatic carbocycles. The quantitative estimate of drug-likeness (QED) is 0.686. The molecule has 0 atom stereocenters. The fraction of sp³-hybridized carbons (Fsp3) is 0.111. The molecule has 4 heteroatoms. The summed E-state index contributed by atoms with van der Waals surface area (Å²) in [5.41, 5.74) is 2.95. The zero-order chi connectivity index (χ0) is 9.26. The molecule has 0 radical (unpaired) electrons. The summed E-state index contributed by atoms with van der Waals surface area (Å²) in [6.45, 7) is 2.01. The van der Waals surface area contributed by atoms with Crippen LogP contribution in [-0.2, 0) is 4.79 Å². The van der Waals surface area contributed by atoms with Crippen molar-refractivity contribution in [2.75, 3.05) is 5.32 Å². The highest BCUT2D eigenvalue weighted by Crippen LogP contribution is 2.14. The molecule has 4 nitrogen and oxygen atoms in total. The highest BCUT2D eigenvalue weighted by atomic mass is 16.1. The third-order valence-electron chi connectivity index (χ3n) is 1.83. The largest absolute Gasteiger partial charge is 0.324 e. The number of imidazole rings is 1. The van der Waals surface area contributed by atoms with Crippen LogP contribution in [-0.4, -0.2) is 16.4 Å². The minimum atomic E-state index is 0. The van der Waals surface area contributed by atoms with Crippen molar-refractivity contribution in [3.05, 3.63) is 23.8 Å². The summed E-state index contributed by atoms with van der Waals surface area (Å²) in [6, 6.07) is 5.88. The van der Waals surface area contributed by atoms with Crippen LogP contribution in [0.2, 0.25) is 0 Å². The number of fused-ring (bicyclic) bond motifs is 1. The maximum Gasteiger partial charge on any atom is 0.213 e. The number of anilines is 1. The average Bonchev–Trinajstić information content (AvgIpc) is 2.46. The van der Waals surface area contributed by atoms with Crippen LogP contribution >= 0.6 is 0 Å². The van der Waals surface area contributed by atoms with E-state index in [0.717, 1.165) is 16.6 Å². The summed E-state index contributed by atoms with van der Waals surface area (Å²) in [4.78, 5) is 17.3. The lowest BCUT2D eigenvalue weighted by Gasteiger charge is -1.89. The Hall–Kier alpha value is -1.84. The second-order valence-electron chi connectivity index (χ2n) is 2.87. The molecular weight excluding hydrogens is 166 g/mol. The van der Waals surface area contributed by atoms with Gasteiger partial charge in [-0.05, 0) is 24.6 Å². The van der Waals surface area contributed by atoms with E-state index in [0.29, 0.717) is 12.4 Å². The first-order chi connectivity index (χ1) is 6.29. The maximum atomic E-state index is 10.1. The summed E-state index contributed by atoms with van der Waals surface area (Å²) in [5.74, 6) is 0.482. The number of nitrogens with zero attached hydrogens (tertiary/aromatic N) is 1. The monoisotopic (exact) mass is 177 g/mol. The number of benzene rings is 1. The topological polar surface area (TPSA) is 57.8 Å². The lowest BCUT2D eigenvalue weighted by atomic mass is 10.2. The van der Waals surface area contributed by atoms with Crippen LogP contribution < -0.4 is 5.32 Å². The van der Waals surface area contributed by atoms with Gasteiger partial charge in [0.2, 0.25) is 12.4 Å². The predicted molar refractivity (Wildman–Crippen MR) is 52.6 cm³/mol. The van der Waals surface area contributed by atoms with E-state index in [2.05, 4.69) is 15.3 Å². The van der Waals surface area contributed by atoms with E-state index in [1.807, 2.05) is 25.1 Å². The van der Waals surface area contributed by atoms with Crippen molar-refractivity contribution in [1.82, 2.24) is 9.97 Å². The molecule has 1 amide bonds. The number of aromatic nitrogens is 2. The standard InChI is InChI=1S/C9H9N3O.H2/c1-6-2-3-7-8(4-6)12-9(11-7)10-5-13;/h2-5H,1H3,(H2,10,11,12,13);1H. The van der Waals surface area contributed by atoms with Gasteiger partial charge in [-0.3, -0.25) is 10.1 Å². The molecule has 0 aliphatic carbocycles. The van der Waals surface area contributed by atoms with Crippen LogP contribution in [0.3, 0.4) is 0 Å². The van der Waals surface area contributed by atoms with Crippen LogP contribution in [0.1, 0.15) is 6.99 Å². The molecule has 0 unspecified atom stereocenters. The highest BCUT2D eigenvalue weighted by Gasteiger charge is 2.00. The number of carbonyl (C=O) groups is 1. The fourth-order valence-corrected chi connectivity index (χ4v) is 1.25. The maximum absolute atomic E-state index is 10.1. The molecule has 13 heavy (non-hydrogen) atoms. The van der Waals surface area contributed by atoms with Crippen molar-refractivity contribution in [3.8, 4) is 0 Å². The summed E-state index contributed by atoms with van der Waals surface area (Å²) in [7, 11) is 0. The molecule has 0 saturated carbocycles. The van der Waals surface area contributed by atoms with Gasteiger partial charge in [0.05, 0.1) is 11.0 Å². The first-order valence-electron chi connectivity index (χ1n) is 3.96. The third-order valence-corrected chi connectivity index (χ3v) is 1.83. The zero-order valence-corrected chi connectivity index (χ0v) is 7.16. The summed E-state index contributed by atoms with van der Waals surface area (Å²) in [5, 5.41) is 2.47. The average molecular weight is 177 g/mol. The molecule has 68 valence electrons. The van der Waals surface area contributed by atoms with Crippen molar-refractivity contribution in [2.24, 2.45) is 0 Å². The van der Waals surface area contributed by atoms with Crippen LogP contribution in [0.5, 0.6) is 0 Å². The van der Waals surface area contributed by atoms with Gasteiger partial charge in [0.15, 0.2) is 0 Å². The van der Waals surface area contributed by atoms with E-state index >= 15 is 0 Å². The molecule has 2 aromatic rings. The van der Waals surface area contributed by atoms with Gasteiger partial charge >= 0.3 is 0 Å². The van der Waals surface area contributed by atoms with Gasteiger partial charge in [0.25, 0.3) is 0 Å². The molecule has 2 N–H and O–H groups in total.